The Bertz CT molecular complexity index is 1290. The maximum atomic E-state index is 13.8. The van der Waals surface area contributed by atoms with Crippen molar-refractivity contribution in [3.05, 3.63) is 77.4 Å². The molecule has 12 heteroatoms. The van der Waals surface area contributed by atoms with Crippen molar-refractivity contribution in [2.45, 2.75) is 25.2 Å². The maximum absolute atomic E-state index is 13.8. The summed E-state index contributed by atoms with van der Waals surface area (Å²) in [7, 11) is 0. The first-order valence-electron chi connectivity index (χ1n) is 10.1. The molecule has 0 aliphatic rings. The van der Waals surface area contributed by atoms with Crippen LogP contribution < -0.4 is 5.32 Å². The van der Waals surface area contributed by atoms with Crippen molar-refractivity contribution in [1.29, 1.82) is 0 Å². The number of halogens is 6. The van der Waals surface area contributed by atoms with Crippen molar-refractivity contribution in [3.8, 4) is 5.69 Å². The zero-order valence-electron chi connectivity index (χ0n) is 17.3. The quantitative estimate of drug-likeness (QED) is 0.296. The number of aromatic nitrogens is 4. The normalized spacial score (nSPS) is 12.3. The molecule has 2 heterocycles. The van der Waals surface area contributed by atoms with E-state index in [2.05, 4.69) is 20.4 Å². The van der Waals surface area contributed by atoms with E-state index < -0.39 is 40.8 Å². The van der Waals surface area contributed by atoms with E-state index in [1.807, 2.05) is 24.3 Å². The van der Waals surface area contributed by atoms with Crippen LogP contribution in [0.1, 0.15) is 33.9 Å². The Labute approximate surface area is 188 Å². The fourth-order valence-corrected chi connectivity index (χ4v) is 3.47. The summed E-state index contributed by atoms with van der Waals surface area (Å²) in [5.74, 6) is -0.362. The number of nitrogens with zero attached hydrogens (tertiary/aromatic N) is 3. The Morgan fingerprint density at radius 1 is 1.00 bits per heavy atom. The number of imidazole rings is 1. The molecule has 0 saturated carbocycles. The number of aryl methyl sites for hydroxylation is 1. The molecule has 178 valence electrons. The highest BCUT2D eigenvalue weighted by molar-refractivity contribution is 5.95. The topological polar surface area (TPSA) is 75.6 Å². The van der Waals surface area contributed by atoms with Gasteiger partial charge in [0.25, 0.3) is 5.91 Å². The van der Waals surface area contributed by atoms with Gasteiger partial charge in [-0.15, -0.1) is 0 Å². The fraction of sp³-hybridized carbons (Fsp3) is 0.227. The Morgan fingerprint density at radius 3 is 2.47 bits per heavy atom. The minimum Gasteiger partial charge on any atom is -0.352 e. The highest BCUT2D eigenvalue weighted by Gasteiger charge is 2.41. The first kappa shape index (κ1) is 23.3. The van der Waals surface area contributed by atoms with Crippen LogP contribution in [-0.4, -0.2) is 32.2 Å². The number of fused-ring (bicyclic) bond motifs is 1. The van der Waals surface area contributed by atoms with Crippen molar-refractivity contribution in [2.75, 3.05) is 6.54 Å². The number of para-hydroxylation sites is 2. The third-order valence-corrected chi connectivity index (χ3v) is 5.01. The van der Waals surface area contributed by atoms with E-state index >= 15 is 0 Å². The second kappa shape index (κ2) is 8.84. The van der Waals surface area contributed by atoms with Gasteiger partial charge in [-0.3, -0.25) is 4.79 Å². The Morgan fingerprint density at radius 2 is 1.76 bits per heavy atom. The number of aromatic amines is 1. The Hall–Kier alpha value is -3.83. The molecule has 0 fully saturated rings. The van der Waals surface area contributed by atoms with E-state index in [-0.39, 0.29) is 6.54 Å². The molecule has 0 aliphatic carbocycles. The highest BCUT2D eigenvalue weighted by atomic mass is 19.4. The van der Waals surface area contributed by atoms with Crippen LogP contribution in [-0.2, 0) is 18.8 Å². The number of carbonyl (C=O) groups is 1. The summed E-state index contributed by atoms with van der Waals surface area (Å²) in [4.78, 5) is 20.0. The molecule has 0 atom stereocenters. The van der Waals surface area contributed by atoms with Gasteiger partial charge in [-0.2, -0.15) is 31.4 Å². The smallest absolute Gasteiger partial charge is 0.352 e. The predicted molar refractivity (Wildman–Crippen MR) is 110 cm³/mol. The summed E-state index contributed by atoms with van der Waals surface area (Å²) in [6.07, 6.45) is -8.25. The van der Waals surface area contributed by atoms with Crippen molar-refractivity contribution < 1.29 is 31.1 Å². The molecular formula is C22H17F6N5O. The number of benzene rings is 2. The number of hydrogen-bond donors (Lipinski definition) is 2. The number of hydrogen-bond acceptors (Lipinski definition) is 3. The molecule has 0 saturated heterocycles. The van der Waals surface area contributed by atoms with Crippen molar-refractivity contribution in [2.24, 2.45) is 0 Å². The highest BCUT2D eigenvalue weighted by Crippen LogP contribution is 2.35. The molecule has 0 spiro atoms. The van der Waals surface area contributed by atoms with Crippen LogP contribution in [0.3, 0.4) is 0 Å². The SMILES string of the molecule is O=C(NCCCc1nc2ccccc2[nH]1)c1cnn(-c2cccc(C(F)(F)F)c2)c1C(F)(F)F. The van der Waals surface area contributed by atoms with Crippen molar-refractivity contribution >= 4 is 16.9 Å². The van der Waals surface area contributed by atoms with Gasteiger partial charge in [-0.25, -0.2) is 9.67 Å². The number of rotatable bonds is 6. The predicted octanol–water partition coefficient (Wildman–Crippen LogP) is 5.15. The Kier molecular flexibility index (Phi) is 6.07. The van der Waals surface area contributed by atoms with Gasteiger partial charge < -0.3 is 10.3 Å². The maximum Gasteiger partial charge on any atom is 0.434 e. The van der Waals surface area contributed by atoms with Gasteiger partial charge in [0.2, 0.25) is 0 Å². The molecule has 6 nitrogen and oxygen atoms in total. The Balaban J connectivity index is 1.49. The van der Waals surface area contributed by atoms with Gasteiger partial charge in [-0.1, -0.05) is 18.2 Å². The summed E-state index contributed by atoms with van der Waals surface area (Å²) in [5, 5.41) is 5.95. The van der Waals surface area contributed by atoms with Gasteiger partial charge >= 0.3 is 12.4 Å². The van der Waals surface area contributed by atoms with Crippen LogP contribution >= 0.6 is 0 Å². The van der Waals surface area contributed by atoms with E-state index in [4.69, 9.17) is 0 Å². The zero-order chi connectivity index (χ0) is 24.5. The molecule has 0 radical (unpaired) electrons. The van der Waals surface area contributed by atoms with Gasteiger partial charge in [0.05, 0.1) is 34.0 Å². The van der Waals surface area contributed by atoms with Crippen LogP contribution in [0.2, 0.25) is 0 Å². The van der Waals surface area contributed by atoms with Gasteiger partial charge in [0.1, 0.15) is 5.82 Å². The fourth-order valence-electron chi connectivity index (χ4n) is 3.47. The third kappa shape index (κ3) is 4.90. The van der Waals surface area contributed by atoms with Crippen LogP contribution in [0.25, 0.3) is 16.7 Å². The first-order valence-corrected chi connectivity index (χ1v) is 10.1. The molecule has 0 aliphatic heterocycles. The van der Waals surface area contributed by atoms with Crippen LogP contribution in [0.4, 0.5) is 26.3 Å². The van der Waals surface area contributed by atoms with E-state index in [0.717, 1.165) is 29.2 Å². The van der Waals surface area contributed by atoms with Crippen LogP contribution in [0, 0.1) is 0 Å². The number of alkyl halides is 6. The van der Waals surface area contributed by atoms with E-state index in [9.17, 15) is 31.1 Å². The molecule has 2 aromatic heterocycles. The lowest BCUT2D eigenvalue weighted by molar-refractivity contribution is -0.143. The molecule has 34 heavy (non-hydrogen) atoms. The largest absolute Gasteiger partial charge is 0.434 e. The molecule has 4 rings (SSSR count). The van der Waals surface area contributed by atoms with Gasteiger partial charge in [0.15, 0.2) is 5.69 Å². The average Bonchev–Trinajstić information content (AvgIpc) is 3.40. The second-order valence-corrected chi connectivity index (χ2v) is 7.42. The molecule has 2 aromatic carbocycles. The minimum absolute atomic E-state index is 0.0575. The molecule has 0 unspecified atom stereocenters. The lowest BCUT2D eigenvalue weighted by Crippen LogP contribution is -2.27. The second-order valence-electron chi connectivity index (χ2n) is 7.42. The lowest BCUT2D eigenvalue weighted by Gasteiger charge is -2.14. The van der Waals surface area contributed by atoms with E-state index in [0.29, 0.717) is 35.6 Å². The monoisotopic (exact) mass is 481 g/mol. The number of carbonyl (C=O) groups excluding carboxylic acids is 1. The number of amides is 1. The molecular weight excluding hydrogens is 464 g/mol. The summed E-state index contributed by atoms with van der Waals surface area (Å²) < 4.78 is 80.5. The van der Waals surface area contributed by atoms with Crippen LogP contribution in [0.5, 0.6) is 0 Å². The van der Waals surface area contributed by atoms with E-state index in [1.165, 1.54) is 0 Å². The summed E-state index contributed by atoms with van der Waals surface area (Å²) >= 11 is 0. The summed E-state index contributed by atoms with van der Waals surface area (Å²) in [6, 6.07) is 10.7. The minimum atomic E-state index is -5.04. The average molecular weight is 481 g/mol. The van der Waals surface area contributed by atoms with E-state index in [1.54, 1.807) is 0 Å². The third-order valence-electron chi connectivity index (χ3n) is 5.01. The van der Waals surface area contributed by atoms with Gasteiger partial charge in [0, 0.05) is 13.0 Å². The number of nitrogens with one attached hydrogen (secondary N) is 2. The molecule has 2 N–H and O–H groups in total. The number of H-pyrrole nitrogens is 1. The zero-order valence-corrected chi connectivity index (χ0v) is 17.3. The summed E-state index contributed by atoms with van der Waals surface area (Å²) in [6.45, 7) is 0.0575. The van der Waals surface area contributed by atoms with Gasteiger partial charge in [-0.05, 0) is 36.8 Å². The van der Waals surface area contributed by atoms with Crippen LogP contribution in [0.15, 0.2) is 54.7 Å². The standard InChI is InChI=1S/C22H17F6N5O/c23-21(24,25)13-5-3-6-14(11-13)33-19(22(26,27)28)15(12-30-33)20(34)29-10-4-9-18-31-16-7-1-2-8-17(16)32-18/h1-3,5-8,11-12H,4,9-10H2,(H,29,34)(H,31,32). The van der Waals surface area contributed by atoms with Crippen molar-refractivity contribution in [1.82, 2.24) is 25.1 Å². The van der Waals surface area contributed by atoms with Crippen molar-refractivity contribution in [3.63, 3.8) is 0 Å². The summed E-state index contributed by atoms with van der Waals surface area (Å²) in [5.41, 5.74) is -2.22. The molecule has 4 aromatic rings. The first-order chi connectivity index (χ1) is 16.0. The lowest BCUT2D eigenvalue weighted by atomic mass is 10.1. The molecule has 0 bridgehead atoms. The molecule has 1 amide bonds.